The fourth-order valence-corrected chi connectivity index (χ4v) is 5.31. The Morgan fingerprint density at radius 3 is 2.81 bits per heavy atom. The van der Waals surface area contributed by atoms with Gasteiger partial charge in [-0.2, -0.15) is 4.31 Å². The quantitative estimate of drug-likeness (QED) is 0.426. The summed E-state index contributed by atoms with van der Waals surface area (Å²) < 4.78 is 38.4. The predicted octanol–water partition coefficient (Wildman–Crippen LogP) is 1.40. The Kier molecular flexibility index (Phi) is 5.81. The van der Waals surface area contributed by atoms with Crippen molar-refractivity contribution in [3.8, 4) is 0 Å². The number of carbonyl (C=O) groups is 1. The Morgan fingerprint density at radius 2 is 2.19 bits per heavy atom. The normalized spacial score (nSPS) is 23.6. The molecule has 0 radical (unpaired) electrons. The van der Waals surface area contributed by atoms with E-state index in [1.54, 1.807) is 26.0 Å². The summed E-state index contributed by atoms with van der Waals surface area (Å²) in [6.07, 6.45) is -0.000135. The van der Waals surface area contributed by atoms with Crippen LogP contribution in [0.15, 0.2) is 18.2 Å². The van der Waals surface area contributed by atoms with E-state index in [1.165, 1.54) is 4.31 Å². The number of hydrogen-bond acceptors (Lipinski definition) is 6. The molecule has 0 bridgehead atoms. The van der Waals surface area contributed by atoms with Crippen molar-refractivity contribution in [1.29, 1.82) is 0 Å². The van der Waals surface area contributed by atoms with Crippen molar-refractivity contribution in [1.82, 2.24) is 9.37 Å². The van der Waals surface area contributed by atoms with Gasteiger partial charge in [-0.3, -0.25) is 10.0 Å². The van der Waals surface area contributed by atoms with Crippen LogP contribution >= 0.6 is 11.6 Å². The van der Waals surface area contributed by atoms with E-state index in [1.807, 2.05) is 6.07 Å². The van der Waals surface area contributed by atoms with Crippen LogP contribution in [0.25, 0.3) is 0 Å². The molecule has 2 atom stereocenters. The number of ether oxygens (including phenoxy) is 2. The minimum atomic E-state index is -3.77. The van der Waals surface area contributed by atoms with Crippen molar-refractivity contribution >= 4 is 28.0 Å². The van der Waals surface area contributed by atoms with Crippen LogP contribution in [0.3, 0.4) is 0 Å². The number of hydrogen-bond donors (Lipinski definition) is 1. The largest absolute Gasteiger partial charge is 0.348 e. The van der Waals surface area contributed by atoms with Gasteiger partial charge in [0.05, 0.1) is 12.4 Å². The minimum Gasteiger partial charge on any atom is -0.348 e. The summed E-state index contributed by atoms with van der Waals surface area (Å²) in [7, 11) is -3.77. The summed E-state index contributed by atoms with van der Waals surface area (Å²) in [4.78, 5) is 11.1. The second kappa shape index (κ2) is 7.65. The molecule has 0 aliphatic carbocycles. The molecular formula is C17H23ClN2O6S. The number of fused-ring (bicyclic) bond motifs is 1. The first-order valence-electron chi connectivity index (χ1n) is 8.61. The molecule has 3 rings (SSSR count). The van der Waals surface area contributed by atoms with Gasteiger partial charge in [-0.15, -0.1) is 0 Å². The van der Waals surface area contributed by atoms with E-state index >= 15 is 0 Å². The molecule has 2 aliphatic heterocycles. The van der Waals surface area contributed by atoms with E-state index in [2.05, 4.69) is 0 Å². The maximum absolute atomic E-state index is 13.0. The summed E-state index contributed by atoms with van der Waals surface area (Å²) in [6, 6.07) is 4.37. The number of rotatable bonds is 6. The molecule has 1 N–H and O–H groups in total. The number of nitrogens with zero attached hydrogens (tertiary/aromatic N) is 2. The zero-order chi connectivity index (χ0) is 19.8. The van der Waals surface area contributed by atoms with E-state index in [0.717, 1.165) is 11.1 Å². The number of hydroxylamine groups is 2. The third kappa shape index (κ3) is 4.61. The first-order valence-corrected chi connectivity index (χ1v) is 10.6. The standard InChI is InChI=1S/C17H23ClN2O6S/c1-17(2)25-9-16(26-17)15(20(22)11-21)10-27(23,24)19-6-5-12-3-4-14(18)7-13(12)8-19/h3-4,7,11,15-16,22H,5-6,8-10H2,1-2H3/t15-,16-/m1/s1. The van der Waals surface area contributed by atoms with Crippen molar-refractivity contribution in [3.63, 3.8) is 0 Å². The van der Waals surface area contributed by atoms with Gasteiger partial charge in [0.25, 0.3) is 0 Å². The molecule has 0 spiro atoms. The van der Waals surface area contributed by atoms with E-state index in [0.29, 0.717) is 23.1 Å². The summed E-state index contributed by atoms with van der Waals surface area (Å²) in [5.74, 6) is -1.38. The smallest absolute Gasteiger partial charge is 0.233 e. The molecule has 2 aliphatic rings. The maximum Gasteiger partial charge on any atom is 0.233 e. The Bertz CT molecular complexity index is 816. The molecule has 0 saturated carbocycles. The molecule has 0 unspecified atom stereocenters. The van der Waals surface area contributed by atoms with Gasteiger partial charge in [0.1, 0.15) is 12.1 Å². The van der Waals surface area contributed by atoms with Crippen LogP contribution in [0.5, 0.6) is 0 Å². The van der Waals surface area contributed by atoms with Crippen LogP contribution in [-0.4, -0.2) is 66.2 Å². The minimum absolute atomic E-state index is 0.0799. The number of sulfonamides is 1. The monoisotopic (exact) mass is 418 g/mol. The van der Waals surface area contributed by atoms with Gasteiger partial charge >= 0.3 is 0 Å². The van der Waals surface area contributed by atoms with Gasteiger partial charge in [-0.05, 0) is 43.5 Å². The average molecular weight is 419 g/mol. The summed E-state index contributed by atoms with van der Waals surface area (Å²) in [5, 5.41) is 10.8. The lowest BCUT2D eigenvalue weighted by Crippen LogP contribution is -2.50. The van der Waals surface area contributed by atoms with Crippen molar-refractivity contribution in [3.05, 3.63) is 34.3 Å². The van der Waals surface area contributed by atoms with Crippen LogP contribution in [0.4, 0.5) is 0 Å². The van der Waals surface area contributed by atoms with Gasteiger partial charge in [-0.1, -0.05) is 17.7 Å². The molecule has 1 fully saturated rings. The number of carbonyl (C=O) groups excluding carboxylic acids is 1. The third-order valence-electron chi connectivity index (χ3n) is 4.83. The van der Waals surface area contributed by atoms with Crippen LogP contribution < -0.4 is 0 Å². The molecular weight excluding hydrogens is 396 g/mol. The highest BCUT2D eigenvalue weighted by Crippen LogP contribution is 2.28. The van der Waals surface area contributed by atoms with Crippen molar-refractivity contribution in [2.45, 2.75) is 44.7 Å². The summed E-state index contributed by atoms with van der Waals surface area (Å²) >= 11 is 6.02. The van der Waals surface area contributed by atoms with Crippen LogP contribution in [-0.2, 0) is 37.3 Å². The Morgan fingerprint density at radius 1 is 1.44 bits per heavy atom. The van der Waals surface area contributed by atoms with Gasteiger partial charge in [-0.25, -0.2) is 13.5 Å². The fraction of sp³-hybridized carbons (Fsp3) is 0.588. The first-order chi connectivity index (χ1) is 12.6. The molecule has 0 aromatic heterocycles. The van der Waals surface area contributed by atoms with Crippen molar-refractivity contribution in [2.75, 3.05) is 18.9 Å². The van der Waals surface area contributed by atoms with Gasteiger partial charge < -0.3 is 9.47 Å². The second-order valence-corrected chi connectivity index (χ2v) is 9.65. The highest BCUT2D eigenvalue weighted by atomic mass is 35.5. The molecule has 150 valence electrons. The Hall–Kier alpha value is -1.23. The third-order valence-corrected chi connectivity index (χ3v) is 6.92. The Balaban J connectivity index is 1.78. The zero-order valence-electron chi connectivity index (χ0n) is 15.2. The number of benzene rings is 1. The van der Waals surface area contributed by atoms with Crippen molar-refractivity contribution < 1.29 is 27.9 Å². The topological polar surface area (TPSA) is 96.4 Å². The zero-order valence-corrected chi connectivity index (χ0v) is 16.7. The van der Waals surface area contributed by atoms with Crippen LogP contribution in [0.2, 0.25) is 5.02 Å². The van der Waals surface area contributed by atoms with Crippen molar-refractivity contribution in [2.24, 2.45) is 0 Å². The Labute approximate surface area is 163 Å². The summed E-state index contributed by atoms with van der Waals surface area (Å²) in [6.45, 7) is 3.98. The lowest BCUT2D eigenvalue weighted by molar-refractivity contribution is -0.182. The molecule has 1 amide bonds. The first kappa shape index (κ1) is 20.5. The molecule has 2 heterocycles. The fourth-order valence-electron chi connectivity index (χ4n) is 3.40. The van der Waals surface area contributed by atoms with E-state index in [-0.39, 0.29) is 19.6 Å². The van der Waals surface area contributed by atoms with E-state index in [4.69, 9.17) is 21.1 Å². The second-order valence-electron chi connectivity index (χ2n) is 7.20. The lowest BCUT2D eigenvalue weighted by atomic mass is 10.0. The van der Waals surface area contributed by atoms with Gasteiger partial charge in [0.2, 0.25) is 16.4 Å². The molecule has 1 aromatic rings. The average Bonchev–Trinajstić information content (AvgIpc) is 2.98. The van der Waals surface area contributed by atoms with Gasteiger partial charge in [0, 0.05) is 18.1 Å². The molecule has 1 saturated heterocycles. The maximum atomic E-state index is 13.0. The number of amides is 1. The lowest BCUT2D eigenvalue weighted by Gasteiger charge is -2.32. The molecule has 8 nitrogen and oxygen atoms in total. The molecule has 10 heteroatoms. The summed E-state index contributed by atoms with van der Waals surface area (Å²) in [5.41, 5.74) is 1.92. The van der Waals surface area contributed by atoms with Crippen LogP contribution in [0, 0.1) is 0 Å². The predicted molar refractivity (Wildman–Crippen MR) is 97.7 cm³/mol. The number of halogens is 1. The van der Waals surface area contributed by atoms with E-state index in [9.17, 15) is 18.4 Å². The highest BCUT2D eigenvalue weighted by Gasteiger charge is 2.43. The van der Waals surface area contributed by atoms with Crippen LogP contribution in [0.1, 0.15) is 25.0 Å². The van der Waals surface area contributed by atoms with Gasteiger partial charge in [0.15, 0.2) is 5.79 Å². The highest BCUT2D eigenvalue weighted by molar-refractivity contribution is 7.89. The van der Waals surface area contributed by atoms with E-state index < -0.39 is 33.7 Å². The molecule has 27 heavy (non-hydrogen) atoms. The molecule has 1 aromatic carbocycles. The SMILES string of the molecule is CC1(C)OC[C@H]([C@@H](CS(=O)(=O)N2CCc3ccc(Cl)cc3C2)N(O)C=O)O1.